The van der Waals surface area contributed by atoms with Gasteiger partial charge in [-0.05, 0) is 37.5 Å². The molecule has 3 rings (SSSR count). The van der Waals surface area contributed by atoms with E-state index in [9.17, 15) is 9.59 Å². The summed E-state index contributed by atoms with van der Waals surface area (Å²) in [7, 11) is 0. The number of nitrogens with zero attached hydrogens (tertiary/aromatic N) is 2. The summed E-state index contributed by atoms with van der Waals surface area (Å²) in [6, 6.07) is 7.50. The number of aromatic amines is 1. The number of hydrogen-bond acceptors (Lipinski definition) is 4. The molecule has 0 spiro atoms. The van der Waals surface area contributed by atoms with Gasteiger partial charge in [0.2, 0.25) is 5.91 Å². The van der Waals surface area contributed by atoms with E-state index in [0.717, 1.165) is 18.4 Å². The van der Waals surface area contributed by atoms with Crippen molar-refractivity contribution in [1.82, 2.24) is 20.1 Å². The Morgan fingerprint density at radius 2 is 2.35 bits per heavy atom. The first kappa shape index (κ1) is 16.1. The summed E-state index contributed by atoms with van der Waals surface area (Å²) in [4.78, 5) is 23.8. The van der Waals surface area contributed by atoms with Gasteiger partial charge >= 0.3 is 5.69 Å². The van der Waals surface area contributed by atoms with Crippen LogP contribution in [0, 0.1) is 0 Å². The van der Waals surface area contributed by atoms with Crippen LogP contribution in [0.3, 0.4) is 0 Å². The van der Waals surface area contributed by atoms with Crippen molar-refractivity contribution in [3.8, 4) is 0 Å². The Morgan fingerprint density at radius 3 is 3.04 bits per heavy atom. The highest BCUT2D eigenvalue weighted by atomic mass is 35.5. The Bertz CT molecular complexity index is 769. The highest BCUT2D eigenvalue weighted by Gasteiger charge is 2.28. The van der Waals surface area contributed by atoms with Gasteiger partial charge in [-0.1, -0.05) is 35.5 Å². The molecule has 1 saturated carbocycles. The van der Waals surface area contributed by atoms with E-state index in [1.807, 2.05) is 25.1 Å². The van der Waals surface area contributed by atoms with Gasteiger partial charge in [0.25, 0.3) is 0 Å². The van der Waals surface area contributed by atoms with Gasteiger partial charge in [0.1, 0.15) is 0 Å². The highest BCUT2D eigenvalue weighted by Crippen LogP contribution is 2.35. The first-order valence-corrected chi connectivity index (χ1v) is 8.75. The first-order valence-electron chi connectivity index (χ1n) is 7.39. The molecule has 6 nitrogen and oxygen atoms in total. The summed E-state index contributed by atoms with van der Waals surface area (Å²) in [5, 5.41) is 10.6. The van der Waals surface area contributed by atoms with Crippen molar-refractivity contribution in [3.63, 3.8) is 0 Å². The van der Waals surface area contributed by atoms with Crippen LogP contribution >= 0.6 is 23.4 Å². The minimum atomic E-state index is -0.206. The standard InChI is InChI=1S/C15H17ClN4O2S/c1-9(10-3-2-4-11(16)7-10)17-13(21)8-23-15-19-18-14(22)20(15)12-5-6-12/h2-4,7,9,12H,5-6,8H2,1H3,(H,17,21)(H,18,22). The Labute approximate surface area is 142 Å². The Balaban J connectivity index is 1.57. The quantitative estimate of drug-likeness (QED) is 0.783. The van der Waals surface area contributed by atoms with E-state index in [1.54, 1.807) is 10.6 Å². The molecule has 0 aliphatic heterocycles. The van der Waals surface area contributed by atoms with Crippen LogP contribution in [0.25, 0.3) is 0 Å². The fourth-order valence-electron chi connectivity index (χ4n) is 2.32. The number of rotatable bonds is 6. The van der Waals surface area contributed by atoms with Crippen LogP contribution in [-0.2, 0) is 4.79 Å². The molecule has 0 bridgehead atoms. The molecule has 1 heterocycles. The molecule has 2 N–H and O–H groups in total. The molecule has 122 valence electrons. The number of hydrogen-bond donors (Lipinski definition) is 2. The number of amides is 1. The monoisotopic (exact) mass is 352 g/mol. The number of nitrogens with one attached hydrogen (secondary N) is 2. The Morgan fingerprint density at radius 1 is 1.57 bits per heavy atom. The number of aromatic nitrogens is 3. The maximum Gasteiger partial charge on any atom is 0.344 e. The lowest BCUT2D eigenvalue weighted by Gasteiger charge is -2.14. The van der Waals surface area contributed by atoms with Crippen LogP contribution in [0.4, 0.5) is 0 Å². The van der Waals surface area contributed by atoms with Crippen LogP contribution in [0.5, 0.6) is 0 Å². The fourth-order valence-corrected chi connectivity index (χ4v) is 3.34. The fraction of sp³-hybridized carbons (Fsp3) is 0.400. The predicted molar refractivity (Wildman–Crippen MR) is 89.9 cm³/mol. The van der Waals surface area contributed by atoms with Crippen LogP contribution in [0.2, 0.25) is 5.02 Å². The van der Waals surface area contributed by atoms with Gasteiger partial charge in [0, 0.05) is 11.1 Å². The zero-order valence-corrected chi connectivity index (χ0v) is 14.2. The Hall–Kier alpha value is -1.73. The summed E-state index contributed by atoms with van der Waals surface area (Å²) in [6.45, 7) is 1.91. The van der Waals surface area contributed by atoms with E-state index in [2.05, 4.69) is 15.5 Å². The zero-order valence-electron chi connectivity index (χ0n) is 12.6. The van der Waals surface area contributed by atoms with Gasteiger partial charge in [0.15, 0.2) is 5.16 Å². The SMILES string of the molecule is CC(NC(=O)CSc1n[nH]c(=O)n1C1CC1)c1cccc(Cl)c1. The van der Waals surface area contributed by atoms with E-state index in [1.165, 1.54) is 11.8 Å². The lowest BCUT2D eigenvalue weighted by Crippen LogP contribution is -2.28. The molecule has 1 amide bonds. The predicted octanol–water partition coefficient (Wildman–Crippen LogP) is 2.53. The topological polar surface area (TPSA) is 79.8 Å². The largest absolute Gasteiger partial charge is 0.349 e. The van der Waals surface area contributed by atoms with E-state index in [4.69, 9.17) is 11.6 Å². The van der Waals surface area contributed by atoms with Crippen molar-refractivity contribution in [2.75, 3.05) is 5.75 Å². The molecule has 1 unspecified atom stereocenters. The minimum absolute atomic E-state index is 0.111. The smallest absolute Gasteiger partial charge is 0.344 e. The molecular formula is C15H17ClN4O2S. The third kappa shape index (κ3) is 3.97. The number of halogens is 1. The molecule has 1 aromatic heterocycles. The molecule has 8 heteroatoms. The molecule has 1 atom stereocenters. The summed E-state index contributed by atoms with van der Waals surface area (Å²) in [6.07, 6.45) is 1.98. The molecule has 1 aliphatic carbocycles. The van der Waals surface area contributed by atoms with Gasteiger partial charge in [-0.2, -0.15) is 0 Å². The van der Waals surface area contributed by atoms with Crippen LogP contribution in [-0.4, -0.2) is 26.4 Å². The highest BCUT2D eigenvalue weighted by molar-refractivity contribution is 7.99. The second-order valence-electron chi connectivity index (χ2n) is 5.55. The van der Waals surface area contributed by atoms with E-state index < -0.39 is 0 Å². The van der Waals surface area contributed by atoms with Gasteiger partial charge < -0.3 is 5.32 Å². The summed E-state index contributed by atoms with van der Waals surface area (Å²) in [5.74, 6) is 0.0994. The van der Waals surface area contributed by atoms with Gasteiger partial charge in [-0.15, -0.1) is 5.10 Å². The number of H-pyrrole nitrogens is 1. The maximum atomic E-state index is 12.1. The number of carbonyl (C=O) groups excluding carboxylic acids is 1. The summed E-state index contributed by atoms with van der Waals surface area (Å²) < 4.78 is 1.64. The van der Waals surface area contributed by atoms with E-state index >= 15 is 0 Å². The van der Waals surface area contributed by atoms with Crippen molar-refractivity contribution < 1.29 is 4.79 Å². The first-order chi connectivity index (χ1) is 11.0. The van der Waals surface area contributed by atoms with Crippen molar-refractivity contribution in [1.29, 1.82) is 0 Å². The number of thioether (sulfide) groups is 1. The Kier molecular flexibility index (Phi) is 4.77. The molecule has 23 heavy (non-hydrogen) atoms. The minimum Gasteiger partial charge on any atom is -0.349 e. The summed E-state index contributed by atoms with van der Waals surface area (Å²) in [5.41, 5.74) is 0.744. The molecule has 1 aliphatic rings. The van der Waals surface area contributed by atoms with E-state index in [0.29, 0.717) is 10.2 Å². The van der Waals surface area contributed by atoms with Crippen molar-refractivity contribution >= 4 is 29.3 Å². The lowest BCUT2D eigenvalue weighted by molar-refractivity contribution is -0.119. The van der Waals surface area contributed by atoms with Crippen molar-refractivity contribution in [2.24, 2.45) is 0 Å². The van der Waals surface area contributed by atoms with Crippen molar-refractivity contribution in [3.05, 3.63) is 45.3 Å². The molecule has 2 aromatic rings. The molecule has 0 radical (unpaired) electrons. The normalized spacial score (nSPS) is 15.4. The number of benzene rings is 1. The zero-order chi connectivity index (χ0) is 16.4. The third-order valence-corrected chi connectivity index (χ3v) is 4.83. The lowest BCUT2D eigenvalue weighted by atomic mass is 10.1. The van der Waals surface area contributed by atoms with E-state index in [-0.39, 0.29) is 29.4 Å². The van der Waals surface area contributed by atoms with Gasteiger partial charge in [-0.25, -0.2) is 9.89 Å². The maximum absolute atomic E-state index is 12.1. The molecule has 1 fully saturated rings. The van der Waals surface area contributed by atoms with Crippen molar-refractivity contribution in [2.45, 2.75) is 37.0 Å². The van der Waals surface area contributed by atoms with Gasteiger partial charge in [-0.3, -0.25) is 9.36 Å². The van der Waals surface area contributed by atoms with Crippen LogP contribution in [0.1, 0.15) is 37.4 Å². The average molecular weight is 353 g/mol. The average Bonchev–Trinajstić information content (AvgIpc) is 3.28. The van der Waals surface area contributed by atoms with Crippen LogP contribution < -0.4 is 11.0 Å². The molecular weight excluding hydrogens is 336 g/mol. The number of carbonyl (C=O) groups is 1. The second-order valence-corrected chi connectivity index (χ2v) is 6.92. The third-order valence-electron chi connectivity index (χ3n) is 3.64. The molecule has 1 aromatic carbocycles. The van der Waals surface area contributed by atoms with Gasteiger partial charge in [0.05, 0.1) is 11.8 Å². The van der Waals surface area contributed by atoms with Crippen LogP contribution in [0.15, 0.2) is 34.2 Å². The summed E-state index contributed by atoms with van der Waals surface area (Å²) >= 11 is 7.23. The second kappa shape index (κ2) is 6.80. The molecule has 0 saturated heterocycles.